The highest BCUT2D eigenvalue weighted by Gasteiger charge is 2.40. The van der Waals surface area contributed by atoms with Gasteiger partial charge in [0, 0.05) is 5.54 Å². The first-order valence-electron chi connectivity index (χ1n) is 7.43. The van der Waals surface area contributed by atoms with Crippen LogP contribution in [0.4, 0.5) is 0 Å². The van der Waals surface area contributed by atoms with Crippen molar-refractivity contribution in [3.63, 3.8) is 0 Å². The Balaban J connectivity index is 1.99. The standard InChI is InChI=1S/C15H29N/c1-3-13-7-5-9-15(16,11-13)14-8-4-6-12(2)10-14/h12-14H,3-11,16H2,1-2H3. The van der Waals surface area contributed by atoms with Gasteiger partial charge in [-0.25, -0.2) is 0 Å². The molecule has 0 bridgehead atoms. The van der Waals surface area contributed by atoms with Crippen LogP contribution in [0.5, 0.6) is 0 Å². The van der Waals surface area contributed by atoms with Crippen molar-refractivity contribution in [1.82, 2.24) is 0 Å². The molecule has 0 spiro atoms. The summed E-state index contributed by atoms with van der Waals surface area (Å²) in [4.78, 5) is 0. The van der Waals surface area contributed by atoms with E-state index in [4.69, 9.17) is 5.73 Å². The SMILES string of the molecule is CCC1CCCC(N)(C2CCCC(C)C2)C1. The lowest BCUT2D eigenvalue weighted by Crippen LogP contribution is -2.51. The van der Waals surface area contributed by atoms with Gasteiger partial charge in [-0.05, 0) is 43.4 Å². The van der Waals surface area contributed by atoms with Crippen LogP contribution in [-0.2, 0) is 0 Å². The van der Waals surface area contributed by atoms with E-state index in [1.807, 2.05) is 0 Å². The van der Waals surface area contributed by atoms with Gasteiger partial charge in [0.05, 0.1) is 0 Å². The Morgan fingerprint density at radius 1 is 1.19 bits per heavy atom. The lowest BCUT2D eigenvalue weighted by atomic mass is 9.63. The molecule has 0 radical (unpaired) electrons. The highest BCUT2D eigenvalue weighted by Crippen LogP contribution is 2.43. The van der Waals surface area contributed by atoms with E-state index in [0.717, 1.165) is 17.8 Å². The van der Waals surface area contributed by atoms with E-state index in [-0.39, 0.29) is 5.54 Å². The Bertz CT molecular complexity index is 225. The summed E-state index contributed by atoms with van der Waals surface area (Å²) in [6.45, 7) is 4.75. The van der Waals surface area contributed by atoms with Gasteiger partial charge in [0.2, 0.25) is 0 Å². The van der Waals surface area contributed by atoms with Gasteiger partial charge >= 0.3 is 0 Å². The van der Waals surface area contributed by atoms with E-state index in [2.05, 4.69) is 13.8 Å². The van der Waals surface area contributed by atoms with Crippen LogP contribution in [0.1, 0.15) is 71.6 Å². The van der Waals surface area contributed by atoms with Crippen LogP contribution in [0.3, 0.4) is 0 Å². The highest BCUT2D eigenvalue weighted by atomic mass is 14.8. The summed E-state index contributed by atoms with van der Waals surface area (Å²) < 4.78 is 0. The Kier molecular flexibility index (Phi) is 3.94. The second-order valence-electron chi connectivity index (χ2n) is 6.57. The Morgan fingerprint density at radius 3 is 2.69 bits per heavy atom. The predicted octanol–water partition coefficient (Wildman–Crippen LogP) is 4.11. The summed E-state index contributed by atoms with van der Waals surface area (Å²) >= 11 is 0. The van der Waals surface area contributed by atoms with Crippen molar-refractivity contribution in [3.8, 4) is 0 Å². The van der Waals surface area contributed by atoms with Crippen LogP contribution in [-0.4, -0.2) is 5.54 Å². The average molecular weight is 223 g/mol. The molecule has 0 aromatic heterocycles. The average Bonchev–Trinajstić information content (AvgIpc) is 2.29. The summed E-state index contributed by atoms with van der Waals surface area (Å²) in [5, 5.41) is 0. The van der Waals surface area contributed by atoms with E-state index in [9.17, 15) is 0 Å². The Labute approximate surface area is 101 Å². The van der Waals surface area contributed by atoms with Crippen LogP contribution in [0.25, 0.3) is 0 Å². The zero-order valence-electron chi connectivity index (χ0n) is 11.2. The molecular formula is C15H29N. The monoisotopic (exact) mass is 223 g/mol. The number of hydrogen-bond acceptors (Lipinski definition) is 1. The molecule has 0 amide bonds. The van der Waals surface area contributed by atoms with Gasteiger partial charge in [0.25, 0.3) is 0 Å². The fourth-order valence-corrected chi connectivity index (χ4v) is 4.14. The quantitative estimate of drug-likeness (QED) is 0.749. The fraction of sp³-hybridized carbons (Fsp3) is 1.00. The molecule has 4 atom stereocenters. The maximum Gasteiger partial charge on any atom is 0.0185 e. The molecule has 0 aliphatic heterocycles. The minimum Gasteiger partial charge on any atom is -0.325 e. The molecular weight excluding hydrogens is 194 g/mol. The van der Waals surface area contributed by atoms with Crippen molar-refractivity contribution in [3.05, 3.63) is 0 Å². The molecule has 0 aromatic rings. The van der Waals surface area contributed by atoms with Gasteiger partial charge < -0.3 is 5.73 Å². The molecule has 2 aliphatic rings. The van der Waals surface area contributed by atoms with Gasteiger partial charge in [-0.15, -0.1) is 0 Å². The van der Waals surface area contributed by atoms with Crippen LogP contribution in [0.15, 0.2) is 0 Å². The highest BCUT2D eigenvalue weighted by molar-refractivity contribution is 4.97. The van der Waals surface area contributed by atoms with Gasteiger partial charge in [-0.2, -0.15) is 0 Å². The van der Waals surface area contributed by atoms with Crippen molar-refractivity contribution in [1.29, 1.82) is 0 Å². The number of hydrogen-bond donors (Lipinski definition) is 1. The van der Waals surface area contributed by atoms with Gasteiger partial charge in [0.15, 0.2) is 0 Å². The first kappa shape index (κ1) is 12.4. The summed E-state index contributed by atoms with van der Waals surface area (Å²) in [5.74, 6) is 2.66. The lowest BCUT2D eigenvalue weighted by Gasteiger charge is -2.46. The second kappa shape index (κ2) is 5.08. The third-order valence-corrected chi connectivity index (χ3v) is 5.25. The van der Waals surface area contributed by atoms with Crippen molar-refractivity contribution in [2.45, 2.75) is 77.2 Å². The third-order valence-electron chi connectivity index (χ3n) is 5.25. The molecule has 2 N–H and O–H groups in total. The Morgan fingerprint density at radius 2 is 2.00 bits per heavy atom. The first-order chi connectivity index (χ1) is 7.64. The Hall–Kier alpha value is -0.0400. The van der Waals surface area contributed by atoms with Crippen LogP contribution >= 0.6 is 0 Å². The first-order valence-corrected chi connectivity index (χ1v) is 7.43. The maximum absolute atomic E-state index is 6.76. The molecule has 16 heavy (non-hydrogen) atoms. The van der Waals surface area contributed by atoms with Crippen molar-refractivity contribution >= 4 is 0 Å². The molecule has 1 nitrogen and oxygen atoms in total. The summed E-state index contributed by atoms with van der Waals surface area (Å²) in [6, 6.07) is 0. The normalized spacial score (nSPS) is 45.6. The molecule has 4 unspecified atom stereocenters. The van der Waals surface area contributed by atoms with Crippen LogP contribution in [0, 0.1) is 17.8 Å². The summed E-state index contributed by atoms with van der Waals surface area (Å²) in [6.07, 6.45) is 12.4. The van der Waals surface area contributed by atoms with E-state index >= 15 is 0 Å². The molecule has 2 saturated carbocycles. The molecule has 0 heterocycles. The molecule has 2 fully saturated rings. The van der Waals surface area contributed by atoms with Gasteiger partial charge in [-0.1, -0.05) is 46.0 Å². The smallest absolute Gasteiger partial charge is 0.0185 e. The molecule has 0 aromatic carbocycles. The zero-order valence-corrected chi connectivity index (χ0v) is 11.2. The zero-order chi connectivity index (χ0) is 11.6. The van der Waals surface area contributed by atoms with Crippen molar-refractivity contribution < 1.29 is 0 Å². The minimum absolute atomic E-state index is 0.202. The summed E-state index contributed by atoms with van der Waals surface area (Å²) in [5.41, 5.74) is 6.96. The predicted molar refractivity (Wildman–Crippen MR) is 70.3 cm³/mol. The second-order valence-corrected chi connectivity index (χ2v) is 6.57. The molecule has 0 saturated heterocycles. The van der Waals surface area contributed by atoms with Gasteiger partial charge in [0.1, 0.15) is 0 Å². The van der Waals surface area contributed by atoms with E-state index in [1.54, 1.807) is 0 Å². The molecule has 2 aliphatic carbocycles. The maximum atomic E-state index is 6.76. The van der Waals surface area contributed by atoms with Crippen LogP contribution < -0.4 is 5.73 Å². The largest absolute Gasteiger partial charge is 0.325 e. The summed E-state index contributed by atoms with van der Waals surface area (Å²) in [7, 11) is 0. The topological polar surface area (TPSA) is 26.0 Å². The lowest BCUT2D eigenvalue weighted by molar-refractivity contribution is 0.103. The molecule has 1 heteroatoms. The van der Waals surface area contributed by atoms with E-state index in [1.165, 1.54) is 57.8 Å². The van der Waals surface area contributed by atoms with Crippen molar-refractivity contribution in [2.24, 2.45) is 23.5 Å². The molecule has 2 rings (SSSR count). The van der Waals surface area contributed by atoms with Gasteiger partial charge in [-0.3, -0.25) is 0 Å². The number of nitrogens with two attached hydrogens (primary N) is 1. The third kappa shape index (κ3) is 2.61. The number of rotatable bonds is 2. The fourth-order valence-electron chi connectivity index (χ4n) is 4.14. The van der Waals surface area contributed by atoms with Crippen molar-refractivity contribution in [2.75, 3.05) is 0 Å². The van der Waals surface area contributed by atoms with Crippen LogP contribution in [0.2, 0.25) is 0 Å². The van der Waals surface area contributed by atoms with E-state index < -0.39 is 0 Å². The minimum atomic E-state index is 0.202. The molecule has 94 valence electrons. The van der Waals surface area contributed by atoms with E-state index in [0.29, 0.717) is 0 Å².